The van der Waals surface area contributed by atoms with E-state index in [4.69, 9.17) is 4.74 Å². The number of ether oxygens (including phenoxy) is 1. The van der Waals surface area contributed by atoms with Crippen molar-refractivity contribution in [1.82, 2.24) is 15.1 Å². The molecule has 1 atom stereocenters. The standard InChI is InChI=1S/C31H34F2N4O3/c1-4-5-22-10-15-26(29(38)35-24-11-6-23(7-12-24)30(39)40-3)28-27(22)18-34-37(28)20(2)21-8-13-25(14-9-21)36-17-16-31(32,33)19-36/h8-10,13-15,18,20,23-24H,6-7,11-12,16-17,19H2,1-3H3,(H,35,38)/t20-,23?,24?/m1/s1. The van der Waals surface area contributed by atoms with E-state index in [1.165, 1.54) is 7.11 Å². The zero-order valence-electron chi connectivity index (χ0n) is 23.0. The summed E-state index contributed by atoms with van der Waals surface area (Å²) in [6.45, 7) is 3.83. The molecule has 2 fully saturated rings. The Morgan fingerprint density at radius 2 is 1.85 bits per heavy atom. The number of methoxy groups -OCH3 is 1. The van der Waals surface area contributed by atoms with Crippen molar-refractivity contribution in [2.45, 2.75) is 64.0 Å². The maximum atomic E-state index is 13.7. The molecular weight excluding hydrogens is 514 g/mol. The summed E-state index contributed by atoms with van der Waals surface area (Å²) in [4.78, 5) is 27.2. The SMILES string of the molecule is CC#Cc1ccc(C(=O)NC2CCC(C(=O)OC)CC2)c2c1cnn2[C@H](C)c1ccc(N2CCC(F)(F)C2)cc1. The normalized spacial score (nSPS) is 21.0. The molecular formula is C31H34F2N4O3. The summed E-state index contributed by atoms with van der Waals surface area (Å²) in [5, 5.41) is 8.62. The van der Waals surface area contributed by atoms with Crippen molar-refractivity contribution in [3.8, 4) is 11.8 Å². The molecule has 1 N–H and O–H groups in total. The van der Waals surface area contributed by atoms with Crippen LogP contribution >= 0.6 is 0 Å². The molecule has 2 aromatic carbocycles. The van der Waals surface area contributed by atoms with Crippen molar-refractivity contribution in [3.05, 3.63) is 59.3 Å². The Kier molecular flexibility index (Phi) is 7.79. The van der Waals surface area contributed by atoms with E-state index in [1.54, 1.807) is 24.1 Å². The minimum atomic E-state index is -2.66. The molecule has 210 valence electrons. The first-order valence-corrected chi connectivity index (χ1v) is 13.7. The molecule has 1 aliphatic carbocycles. The number of halogens is 2. The average molecular weight is 549 g/mol. The van der Waals surface area contributed by atoms with Crippen LogP contribution in [-0.4, -0.2) is 53.8 Å². The van der Waals surface area contributed by atoms with Gasteiger partial charge in [0.1, 0.15) is 0 Å². The summed E-state index contributed by atoms with van der Waals surface area (Å²) in [6.07, 6.45) is 4.38. The van der Waals surface area contributed by atoms with Gasteiger partial charge in [0, 0.05) is 35.6 Å². The minimum absolute atomic E-state index is 0.0297. The quantitative estimate of drug-likeness (QED) is 0.333. The number of nitrogens with zero attached hydrogens (tertiary/aromatic N) is 3. The third-order valence-corrected chi connectivity index (χ3v) is 8.14. The van der Waals surface area contributed by atoms with Gasteiger partial charge in [-0.3, -0.25) is 14.3 Å². The molecule has 3 aromatic rings. The average Bonchev–Trinajstić information content (AvgIpc) is 3.56. The summed E-state index contributed by atoms with van der Waals surface area (Å²) >= 11 is 0. The summed E-state index contributed by atoms with van der Waals surface area (Å²) in [5.41, 5.74) is 3.69. The Morgan fingerprint density at radius 1 is 1.12 bits per heavy atom. The van der Waals surface area contributed by atoms with Gasteiger partial charge in [0.2, 0.25) is 0 Å². The molecule has 1 amide bonds. The van der Waals surface area contributed by atoms with Gasteiger partial charge in [-0.15, -0.1) is 5.92 Å². The number of carbonyl (C=O) groups is 2. The van der Waals surface area contributed by atoms with E-state index in [0.29, 0.717) is 43.3 Å². The van der Waals surface area contributed by atoms with Gasteiger partial charge in [0.25, 0.3) is 11.8 Å². The lowest BCUT2D eigenvalue weighted by Gasteiger charge is -2.27. The van der Waals surface area contributed by atoms with Crippen LogP contribution in [0.4, 0.5) is 14.5 Å². The summed E-state index contributed by atoms with van der Waals surface area (Å²) in [6, 6.07) is 11.0. The molecule has 1 aromatic heterocycles. The molecule has 40 heavy (non-hydrogen) atoms. The van der Waals surface area contributed by atoms with Gasteiger partial charge in [-0.05, 0) is 69.4 Å². The third-order valence-electron chi connectivity index (χ3n) is 8.14. The zero-order chi connectivity index (χ0) is 28.4. The van der Waals surface area contributed by atoms with Crippen LogP contribution in [0.5, 0.6) is 0 Å². The van der Waals surface area contributed by atoms with Crippen molar-refractivity contribution >= 4 is 28.5 Å². The first-order chi connectivity index (χ1) is 19.2. The highest BCUT2D eigenvalue weighted by molar-refractivity contribution is 6.07. The fourth-order valence-electron chi connectivity index (χ4n) is 5.85. The fourth-order valence-corrected chi connectivity index (χ4v) is 5.85. The van der Waals surface area contributed by atoms with Gasteiger partial charge < -0.3 is 15.0 Å². The number of esters is 1. The monoisotopic (exact) mass is 548 g/mol. The minimum Gasteiger partial charge on any atom is -0.469 e. The smallest absolute Gasteiger partial charge is 0.308 e. The second-order valence-electron chi connectivity index (χ2n) is 10.7. The number of aromatic nitrogens is 2. The van der Waals surface area contributed by atoms with E-state index in [1.807, 2.05) is 41.9 Å². The molecule has 0 unspecified atom stereocenters. The number of hydrogen-bond acceptors (Lipinski definition) is 5. The Morgan fingerprint density at radius 3 is 2.48 bits per heavy atom. The number of anilines is 1. The molecule has 1 saturated heterocycles. The molecule has 5 rings (SSSR count). The van der Waals surface area contributed by atoms with Crippen LogP contribution in [-0.2, 0) is 9.53 Å². The van der Waals surface area contributed by atoms with E-state index in [-0.39, 0.29) is 42.8 Å². The summed E-state index contributed by atoms with van der Waals surface area (Å²) in [7, 11) is 1.40. The van der Waals surface area contributed by atoms with Gasteiger partial charge in [0.15, 0.2) is 0 Å². The van der Waals surface area contributed by atoms with Crippen molar-refractivity contribution in [2.75, 3.05) is 25.1 Å². The largest absolute Gasteiger partial charge is 0.469 e. The molecule has 7 nitrogen and oxygen atoms in total. The molecule has 0 radical (unpaired) electrons. The molecule has 2 aliphatic rings. The van der Waals surface area contributed by atoms with Crippen LogP contribution < -0.4 is 10.2 Å². The lowest BCUT2D eigenvalue weighted by Crippen LogP contribution is -2.39. The fraction of sp³-hybridized carbons (Fsp3) is 0.452. The summed E-state index contributed by atoms with van der Waals surface area (Å²) in [5.74, 6) is 2.89. The van der Waals surface area contributed by atoms with Crippen molar-refractivity contribution in [1.29, 1.82) is 0 Å². The number of nitrogens with one attached hydrogen (secondary N) is 1. The van der Waals surface area contributed by atoms with E-state index in [2.05, 4.69) is 22.3 Å². The predicted molar refractivity (Wildman–Crippen MR) is 150 cm³/mol. The number of rotatable bonds is 6. The lowest BCUT2D eigenvalue weighted by molar-refractivity contribution is -0.146. The second kappa shape index (κ2) is 11.3. The number of carbonyl (C=O) groups excluding carboxylic acids is 2. The van der Waals surface area contributed by atoms with Gasteiger partial charge in [-0.25, -0.2) is 8.78 Å². The van der Waals surface area contributed by atoms with Crippen LogP contribution in [0.15, 0.2) is 42.6 Å². The molecule has 2 heterocycles. The Balaban J connectivity index is 1.41. The van der Waals surface area contributed by atoms with Crippen LogP contribution in [0.25, 0.3) is 10.9 Å². The van der Waals surface area contributed by atoms with Gasteiger partial charge in [-0.1, -0.05) is 18.1 Å². The number of hydrogen-bond donors (Lipinski definition) is 1. The molecule has 9 heteroatoms. The first kappa shape index (κ1) is 27.6. The van der Waals surface area contributed by atoms with Crippen molar-refractivity contribution in [3.63, 3.8) is 0 Å². The third kappa shape index (κ3) is 5.53. The Bertz CT molecular complexity index is 1460. The van der Waals surface area contributed by atoms with E-state index in [0.717, 1.165) is 22.2 Å². The number of alkyl halides is 2. The molecule has 0 bridgehead atoms. The van der Waals surface area contributed by atoms with E-state index >= 15 is 0 Å². The lowest BCUT2D eigenvalue weighted by atomic mass is 9.86. The highest BCUT2D eigenvalue weighted by Crippen LogP contribution is 2.33. The number of benzene rings is 2. The second-order valence-corrected chi connectivity index (χ2v) is 10.7. The molecule has 1 saturated carbocycles. The zero-order valence-corrected chi connectivity index (χ0v) is 23.0. The first-order valence-electron chi connectivity index (χ1n) is 13.7. The van der Waals surface area contributed by atoms with E-state index in [9.17, 15) is 18.4 Å². The topological polar surface area (TPSA) is 76.5 Å². The highest BCUT2D eigenvalue weighted by atomic mass is 19.3. The molecule has 1 aliphatic heterocycles. The van der Waals surface area contributed by atoms with Crippen LogP contribution in [0.3, 0.4) is 0 Å². The van der Waals surface area contributed by atoms with Crippen LogP contribution in [0, 0.1) is 17.8 Å². The Labute approximate surface area is 232 Å². The van der Waals surface area contributed by atoms with Crippen molar-refractivity contribution < 1.29 is 23.1 Å². The van der Waals surface area contributed by atoms with Crippen LogP contribution in [0.2, 0.25) is 0 Å². The van der Waals surface area contributed by atoms with Gasteiger partial charge in [0.05, 0.1) is 42.9 Å². The predicted octanol–water partition coefficient (Wildman–Crippen LogP) is 5.32. The maximum absolute atomic E-state index is 13.7. The number of amides is 1. The van der Waals surface area contributed by atoms with Gasteiger partial charge >= 0.3 is 5.97 Å². The maximum Gasteiger partial charge on any atom is 0.308 e. The summed E-state index contributed by atoms with van der Waals surface area (Å²) < 4.78 is 34.1. The molecule has 0 spiro atoms. The highest BCUT2D eigenvalue weighted by Gasteiger charge is 2.38. The van der Waals surface area contributed by atoms with Crippen LogP contribution in [0.1, 0.15) is 73.5 Å². The number of fused-ring (bicyclic) bond motifs is 1. The van der Waals surface area contributed by atoms with Gasteiger partial charge in [-0.2, -0.15) is 5.10 Å². The Hall–Kier alpha value is -3.93. The van der Waals surface area contributed by atoms with E-state index < -0.39 is 5.92 Å². The van der Waals surface area contributed by atoms with Crippen molar-refractivity contribution in [2.24, 2.45) is 5.92 Å².